The SMILES string of the molecule is COc1ccc2c3c1O[C@@H]1[C@]34CC[N+](C)(C[C@@H]3CO3)[C@@H](C2)[C@]42C=C[C@@]1(OC)c1c(O)c(SCCO)cc(O)c12. The van der Waals surface area contributed by atoms with E-state index in [1.54, 1.807) is 20.3 Å². The minimum absolute atomic E-state index is 0.0326. The predicted molar refractivity (Wildman–Crippen MR) is 144 cm³/mol. The van der Waals surface area contributed by atoms with Crippen LogP contribution in [-0.2, 0) is 32.3 Å². The van der Waals surface area contributed by atoms with Crippen LogP contribution in [0.2, 0.25) is 0 Å². The van der Waals surface area contributed by atoms with E-state index in [4.69, 9.17) is 18.9 Å². The van der Waals surface area contributed by atoms with Crippen molar-refractivity contribution in [2.45, 2.75) is 52.4 Å². The Hall–Kier alpha value is -2.43. The first-order valence-electron chi connectivity index (χ1n) is 13.7. The number of phenolic OH excluding ortho intramolecular Hbond substituents is 2. The zero-order valence-corrected chi connectivity index (χ0v) is 23.2. The van der Waals surface area contributed by atoms with Crippen molar-refractivity contribution in [1.29, 1.82) is 0 Å². The lowest BCUT2D eigenvalue weighted by Gasteiger charge is -2.70. The van der Waals surface area contributed by atoms with Gasteiger partial charge in [-0.1, -0.05) is 12.1 Å². The molecule has 9 heteroatoms. The zero-order chi connectivity index (χ0) is 26.9. The average molecular weight is 553 g/mol. The third-order valence-corrected chi connectivity index (χ3v) is 11.8. The van der Waals surface area contributed by atoms with Crippen molar-refractivity contribution < 1.29 is 38.8 Å². The van der Waals surface area contributed by atoms with Gasteiger partial charge in [0.05, 0.1) is 49.6 Å². The molecule has 4 bridgehead atoms. The van der Waals surface area contributed by atoms with E-state index >= 15 is 0 Å². The fourth-order valence-electron chi connectivity index (χ4n) is 9.32. The molecule has 2 spiro atoms. The molecule has 0 saturated carbocycles. The van der Waals surface area contributed by atoms with Gasteiger partial charge < -0.3 is 38.8 Å². The molecule has 2 aromatic rings. The molecule has 3 heterocycles. The van der Waals surface area contributed by atoms with Crippen LogP contribution in [0.4, 0.5) is 0 Å². The van der Waals surface area contributed by atoms with E-state index in [9.17, 15) is 15.3 Å². The number of quaternary nitrogens is 1. The third kappa shape index (κ3) is 2.58. The summed E-state index contributed by atoms with van der Waals surface area (Å²) in [5, 5.41) is 33.3. The Morgan fingerprint density at radius 2 is 1.97 bits per heavy atom. The number of epoxide rings is 1. The molecule has 8 nitrogen and oxygen atoms in total. The van der Waals surface area contributed by atoms with E-state index in [1.807, 2.05) is 6.07 Å². The maximum absolute atomic E-state index is 11.9. The molecule has 7 atom stereocenters. The predicted octanol–water partition coefficient (Wildman–Crippen LogP) is 2.73. The number of aromatic hydroxyl groups is 2. The largest absolute Gasteiger partial charge is 0.508 e. The number of piperidine rings is 1. The number of rotatable bonds is 7. The van der Waals surface area contributed by atoms with Crippen LogP contribution in [0.1, 0.15) is 28.7 Å². The van der Waals surface area contributed by atoms with E-state index in [1.165, 1.54) is 22.9 Å². The highest BCUT2D eigenvalue weighted by molar-refractivity contribution is 7.99. The minimum Gasteiger partial charge on any atom is -0.508 e. The molecule has 2 aromatic carbocycles. The lowest BCUT2D eigenvalue weighted by Crippen LogP contribution is -2.81. The molecule has 9 rings (SSSR count). The number of benzene rings is 2. The normalized spacial score (nSPS) is 39.2. The summed E-state index contributed by atoms with van der Waals surface area (Å²) in [7, 11) is 5.66. The number of likely N-dealkylation sites (tertiary alicyclic amines) is 1. The van der Waals surface area contributed by atoms with E-state index in [2.05, 4.69) is 25.3 Å². The number of ether oxygens (including phenoxy) is 4. The van der Waals surface area contributed by atoms with E-state index in [-0.39, 0.29) is 30.3 Å². The summed E-state index contributed by atoms with van der Waals surface area (Å²) in [6.45, 7) is 2.61. The highest BCUT2D eigenvalue weighted by Gasteiger charge is 2.82. The first-order valence-corrected chi connectivity index (χ1v) is 14.7. The molecule has 3 aliphatic heterocycles. The van der Waals surface area contributed by atoms with Crippen LogP contribution in [0.25, 0.3) is 0 Å². The van der Waals surface area contributed by atoms with Gasteiger partial charge in [0.1, 0.15) is 36.3 Å². The third-order valence-electron chi connectivity index (χ3n) is 10.7. The summed E-state index contributed by atoms with van der Waals surface area (Å²) in [5.74, 6) is 2.12. The van der Waals surface area contributed by atoms with Crippen LogP contribution in [0.5, 0.6) is 23.0 Å². The standard InChI is InChI=1S/C30H33NO7S/c1-31(14-17-15-37-17)9-8-29-22-16-4-5-19(35-2)26(22)38-27(29)30(36-3)7-6-28(29,21(31)12-16)23-18(33)13-20(39-11-10-32)25(34)24(23)30/h4-7,13,17,21,27,32H,8-12,14-15H2,1-3H3,(H-,33,34)/p+1/t17-,21+,27-,28+,29+,30-,31?/m1/s1. The summed E-state index contributed by atoms with van der Waals surface area (Å²) in [6.07, 6.45) is 5.80. The lowest BCUT2D eigenvalue weighted by atomic mass is 9.37. The number of methoxy groups -OCH3 is 2. The molecule has 0 aromatic heterocycles. The van der Waals surface area contributed by atoms with Crippen molar-refractivity contribution in [3.63, 3.8) is 0 Å². The number of hydrogen-bond donors (Lipinski definition) is 3. The number of likely N-dealkylation sites (N-methyl/N-ethyl adjacent to an activating group) is 1. The van der Waals surface area contributed by atoms with E-state index in [0.717, 1.165) is 48.3 Å². The maximum Gasteiger partial charge on any atom is 0.166 e. The van der Waals surface area contributed by atoms with E-state index in [0.29, 0.717) is 22.0 Å². The minimum atomic E-state index is -1.11. The van der Waals surface area contributed by atoms with Gasteiger partial charge in [0.15, 0.2) is 17.1 Å². The Kier molecular flexibility index (Phi) is 4.78. The van der Waals surface area contributed by atoms with E-state index < -0.39 is 22.5 Å². The molecular formula is C30H34NO7S+. The summed E-state index contributed by atoms with van der Waals surface area (Å²) in [4.78, 5) is 0.529. The van der Waals surface area contributed by atoms with Crippen LogP contribution in [0.15, 0.2) is 35.2 Å². The topological polar surface area (TPSA) is 101 Å². The first-order chi connectivity index (χ1) is 18.8. The van der Waals surface area contributed by atoms with Crippen molar-refractivity contribution in [3.05, 3.63) is 52.6 Å². The van der Waals surface area contributed by atoms with Gasteiger partial charge in [-0.05, 0) is 23.8 Å². The highest BCUT2D eigenvalue weighted by atomic mass is 32.2. The molecule has 206 valence electrons. The first kappa shape index (κ1) is 24.4. The Morgan fingerprint density at radius 3 is 2.69 bits per heavy atom. The van der Waals surface area contributed by atoms with Crippen molar-refractivity contribution in [3.8, 4) is 23.0 Å². The molecular weight excluding hydrogens is 518 g/mol. The van der Waals surface area contributed by atoms with Crippen molar-refractivity contribution in [2.75, 3.05) is 53.3 Å². The lowest BCUT2D eigenvalue weighted by molar-refractivity contribution is -0.945. The number of hydrogen-bond acceptors (Lipinski definition) is 8. The quantitative estimate of drug-likeness (QED) is 0.159. The summed E-state index contributed by atoms with van der Waals surface area (Å²) >= 11 is 1.32. The summed E-state index contributed by atoms with van der Waals surface area (Å²) in [5.41, 5.74) is 1.52. The second-order valence-electron chi connectivity index (χ2n) is 12.2. The molecule has 4 aliphatic carbocycles. The van der Waals surface area contributed by atoms with Gasteiger partial charge in [0.25, 0.3) is 0 Å². The van der Waals surface area contributed by atoms with Gasteiger partial charge in [0.2, 0.25) is 0 Å². The molecule has 0 amide bonds. The average Bonchev–Trinajstić information content (AvgIpc) is 3.67. The van der Waals surface area contributed by atoms with Gasteiger partial charge in [-0.3, -0.25) is 0 Å². The monoisotopic (exact) mass is 552 g/mol. The number of nitrogens with zero attached hydrogens (tertiary/aromatic N) is 1. The fraction of sp³-hybridized carbons (Fsp3) is 0.533. The number of thioether (sulfide) groups is 1. The summed E-state index contributed by atoms with van der Waals surface area (Å²) < 4.78 is 25.8. The van der Waals surface area contributed by atoms with Crippen LogP contribution >= 0.6 is 11.8 Å². The number of aliphatic hydroxyl groups excluding tert-OH is 1. The Morgan fingerprint density at radius 1 is 1.15 bits per heavy atom. The Balaban J connectivity index is 1.49. The molecule has 1 unspecified atom stereocenters. The van der Waals surface area contributed by atoms with Crippen LogP contribution in [0.3, 0.4) is 0 Å². The van der Waals surface area contributed by atoms with Crippen molar-refractivity contribution >= 4 is 11.8 Å². The van der Waals surface area contributed by atoms with Gasteiger partial charge in [-0.15, -0.1) is 11.8 Å². The van der Waals surface area contributed by atoms with Crippen LogP contribution < -0.4 is 9.47 Å². The maximum atomic E-state index is 11.9. The zero-order valence-electron chi connectivity index (χ0n) is 22.4. The molecule has 7 aliphatic rings. The smallest absolute Gasteiger partial charge is 0.166 e. The molecule has 2 fully saturated rings. The number of aliphatic hydroxyl groups is 1. The Labute approximate surface area is 231 Å². The number of phenols is 2. The molecule has 2 saturated heterocycles. The fourth-order valence-corrected chi connectivity index (χ4v) is 10.1. The van der Waals surface area contributed by atoms with Crippen molar-refractivity contribution in [2.24, 2.45) is 0 Å². The summed E-state index contributed by atoms with van der Waals surface area (Å²) in [6, 6.07) is 5.95. The Bertz CT molecular complexity index is 1460. The second-order valence-corrected chi connectivity index (χ2v) is 13.3. The van der Waals surface area contributed by atoms with Gasteiger partial charge in [-0.25, -0.2) is 0 Å². The highest BCUT2D eigenvalue weighted by Crippen LogP contribution is 2.76. The van der Waals surface area contributed by atoms with Gasteiger partial charge in [-0.2, -0.15) is 0 Å². The van der Waals surface area contributed by atoms with Crippen LogP contribution in [-0.4, -0.2) is 91.4 Å². The van der Waals surface area contributed by atoms with Gasteiger partial charge in [0, 0.05) is 42.4 Å². The van der Waals surface area contributed by atoms with Crippen LogP contribution in [0, 0.1) is 0 Å². The molecule has 3 N–H and O–H groups in total. The van der Waals surface area contributed by atoms with Gasteiger partial charge >= 0.3 is 0 Å². The molecule has 0 radical (unpaired) electrons. The van der Waals surface area contributed by atoms with Crippen molar-refractivity contribution in [1.82, 2.24) is 0 Å². The second kappa shape index (κ2) is 7.64. The molecule has 39 heavy (non-hydrogen) atoms.